The topological polar surface area (TPSA) is 60.0 Å². The summed E-state index contributed by atoms with van der Waals surface area (Å²) < 4.78 is 0. The predicted molar refractivity (Wildman–Crippen MR) is 123 cm³/mol. The number of carbonyl (C=O) groups excluding carboxylic acids is 1. The van der Waals surface area contributed by atoms with E-state index in [0.717, 1.165) is 25.2 Å². The molecule has 1 fully saturated rings. The Labute approximate surface area is 184 Å². The molecule has 152 valence electrons. The van der Waals surface area contributed by atoms with E-state index in [1.165, 1.54) is 12.8 Å². The van der Waals surface area contributed by atoms with Crippen LogP contribution in [0.15, 0.2) is 29.3 Å². The normalized spacial score (nSPS) is 17.3. The SMILES string of the molecule is CCN1CCCC1CNC(=NCc1ccccc1Cl)NCC(=O)N(C)C.I. The highest BCUT2D eigenvalue weighted by Crippen LogP contribution is 2.16. The Morgan fingerprint density at radius 2 is 2.07 bits per heavy atom. The van der Waals surface area contributed by atoms with Gasteiger partial charge in [-0.3, -0.25) is 9.69 Å². The minimum absolute atomic E-state index is 0. The fourth-order valence-electron chi connectivity index (χ4n) is 3.04. The van der Waals surface area contributed by atoms with Crippen molar-refractivity contribution in [2.45, 2.75) is 32.4 Å². The van der Waals surface area contributed by atoms with Gasteiger partial charge in [0.2, 0.25) is 5.91 Å². The van der Waals surface area contributed by atoms with Crippen LogP contribution in [0.2, 0.25) is 5.02 Å². The predicted octanol–water partition coefficient (Wildman–Crippen LogP) is 2.57. The minimum atomic E-state index is 0. The molecule has 0 saturated carbocycles. The maximum absolute atomic E-state index is 11.9. The van der Waals surface area contributed by atoms with Crippen molar-refractivity contribution < 1.29 is 4.79 Å². The maximum Gasteiger partial charge on any atom is 0.241 e. The van der Waals surface area contributed by atoms with Crippen LogP contribution in [0, 0.1) is 0 Å². The van der Waals surface area contributed by atoms with Crippen molar-refractivity contribution in [3.63, 3.8) is 0 Å². The van der Waals surface area contributed by atoms with Crippen molar-refractivity contribution in [3.05, 3.63) is 34.9 Å². The lowest BCUT2D eigenvalue weighted by molar-refractivity contribution is -0.127. The van der Waals surface area contributed by atoms with Crippen molar-refractivity contribution in [2.75, 3.05) is 40.3 Å². The van der Waals surface area contributed by atoms with Crippen molar-refractivity contribution in [1.29, 1.82) is 0 Å². The molecule has 2 rings (SSSR count). The van der Waals surface area contributed by atoms with Gasteiger partial charge in [-0.25, -0.2) is 4.99 Å². The largest absolute Gasteiger partial charge is 0.355 e. The van der Waals surface area contributed by atoms with Gasteiger partial charge in [0.1, 0.15) is 0 Å². The summed E-state index contributed by atoms with van der Waals surface area (Å²) in [6.45, 7) is 5.90. The third-order valence-corrected chi connectivity index (χ3v) is 5.05. The van der Waals surface area contributed by atoms with Crippen LogP contribution in [0.25, 0.3) is 0 Å². The molecule has 1 heterocycles. The summed E-state index contributed by atoms with van der Waals surface area (Å²) in [7, 11) is 3.49. The molecule has 1 aromatic carbocycles. The van der Waals surface area contributed by atoms with Crippen molar-refractivity contribution in [1.82, 2.24) is 20.4 Å². The Morgan fingerprint density at radius 1 is 1.33 bits per heavy atom. The fourth-order valence-corrected chi connectivity index (χ4v) is 3.24. The van der Waals surface area contributed by atoms with Crippen LogP contribution >= 0.6 is 35.6 Å². The van der Waals surface area contributed by atoms with E-state index in [-0.39, 0.29) is 36.4 Å². The number of aliphatic imine (C=N–C) groups is 1. The van der Waals surface area contributed by atoms with Gasteiger partial charge in [0.15, 0.2) is 5.96 Å². The quantitative estimate of drug-likeness (QED) is 0.338. The number of benzene rings is 1. The van der Waals surface area contributed by atoms with E-state index in [1.54, 1.807) is 19.0 Å². The molecule has 1 aliphatic rings. The summed E-state index contributed by atoms with van der Waals surface area (Å²) >= 11 is 6.22. The number of rotatable bonds is 7. The first-order valence-electron chi connectivity index (χ1n) is 9.21. The van der Waals surface area contributed by atoms with Gasteiger partial charge in [-0.15, -0.1) is 24.0 Å². The molecule has 6 nitrogen and oxygen atoms in total. The fraction of sp³-hybridized carbons (Fsp3) is 0.579. The lowest BCUT2D eigenvalue weighted by Gasteiger charge is -2.24. The number of amides is 1. The molecular formula is C19H31ClIN5O. The second-order valence-electron chi connectivity index (χ2n) is 6.70. The highest BCUT2D eigenvalue weighted by Gasteiger charge is 2.22. The van der Waals surface area contributed by atoms with E-state index in [1.807, 2.05) is 24.3 Å². The first-order valence-corrected chi connectivity index (χ1v) is 9.58. The Bertz CT molecular complexity index is 626. The molecule has 0 spiro atoms. The van der Waals surface area contributed by atoms with Crippen LogP contribution in [0.5, 0.6) is 0 Å². The Kier molecular flexibility index (Phi) is 11.0. The third kappa shape index (κ3) is 7.83. The molecule has 1 saturated heterocycles. The van der Waals surface area contributed by atoms with E-state index in [4.69, 9.17) is 11.6 Å². The van der Waals surface area contributed by atoms with Crippen LogP contribution < -0.4 is 10.6 Å². The van der Waals surface area contributed by atoms with Crippen LogP contribution in [-0.4, -0.2) is 68.0 Å². The summed E-state index contributed by atoms with van der Waals surface area (Å²) in [4.78, 5) is 20.5. The summed E-state index contributed by atoms with van der Waals surface area (Å²) in [5.41, 5.74) is 0.963. The molecule has 1 atom stereocenters. The lowest BCUT2D eigenvalue weighted by Crippen LogP contribution is -2.47. The molecular weight excluding hydrogens is 477 g/mol. The van der Waals surface area contributed by atoms with Crippen molar-refractivity contribution in [2.24, 2.45) is 4.99 Å². The van der Waals surface area contributed by atoms with E-state index in [9.17, 15) is 4.79 Å². The zero-order valence-corrected chi connectivity index (χ0v) is 19.5. The van der Waals surface area contributed by atoms with Crippen LogP contribution in [0.1, 0.15) is 25.3 Å². The second kappa shape index (κ2) is 12.4. The molecule has 0 bridgehead atoms. The number of hydrogen-bond acceptors (Lipinski definition) is 3. The first-order chi connectivity index (χ1) is 12.5. The summed E-state index contributed by atoms with van der Waals surface area (Å²) in [5, 5.41) is 7.23. The number of likely N-dealkylation sites (tertiary alicyclic amines) is 1. The molecule has 0 radical (unpaired) electrons. The van der Waals surface area contributed by atoms with Gasteiger partial charge in [-0.05, 0) is 37.6 Å². The highest BCUT2D eigenvalue weighted by molar-refractivity contribution is 14.0. The molecule has 27 heavy (non-hydrogen) atoms. The molecule has 1 aromatic rings. The molecule has 8 heteroatoms. The molecule has 1 unspecified atom stereocenters. The number of halogens is 2. The maximum atomic E-state index is 11.9. The highest BCUT2D eigenvalue weighted by atomic mass is 127. The van der Waals surface area contributed by atoms with E-state index >= 15 is 0 Å². The average Bonchev–Trinajstić information content (AvgIpc) is 3.09. The van der Waals surface area contributed by atoms with E-state index in [0.29, 0.717) is 23.6 Å². The first kappa shape index (κ1) is 24.0. The monoisotopic (exact) mass is 507 g/mol. The van der Waals surface area contributed by atoms with Crippen LogP contribution in [-0.2, 0) is 11.3 Å². The Hall–Kier alpha value is -1.06. The molecule has 1 aliphatic heterocycles. The molecule has 0 aromatic heterocycles. The smallest absolute Gasteiger partial charge is 0.241 e. The lowest BCUT2D eigenvalue weighted by atomic mass is 10.2. The van der Waals surface area contributed by atoms with Gasteiger partial charge in [0, 0.05) is 31.7 Å². The summed E-state index contributed by atoms with van der Waals surface area (Å²) in [5.74, 6) is 0.649. The van der Waals surface area contributed by atoms with Gasteiger partial charge in [-0.2, -0.15) is 0 Å². The second-order valence-corrected chi connectivity index (χ2v) is 7.11. The van der Waals surface area contributed by atoms with Gasteiger partial charge in [-0.1, -0.05) is 36.7 Å². The Morgan fingerprint density at radius 3 is 2.74 bits per heavy atom. The average molecular weight is 508 g/mol. The van der Waals surface area contributed by atoms with Gasteiger partial charge >= 0.3 is 0 Å². The van der Waals surface area contributed by atoms with Crippen LogP contribution in [0.4, 0.5) is 0 Å². The zero-order valence-electron chi connectivity index (χ0n) is 16.4. The number of guanidine groups is 1. The van der Waals surface area contributed by atoms with Crippen LogP contribution in [0.3, 0.4) is 0 Å². The summed E-state index contributed by atoms with van der Waals surface area (Å²) in [6.07, 6.45) is 2.42. The number of nitrogens with zero attached hydrogens (tertiary/aromatic N) is 3. The van der Waals surface area contributed by atoms with E-state index < -0.39 is 0 Å². The standard InChI is InChI=1S/C19H30ClN5O.HI/c1-4-25-11-7-9-16(25)13-22-19(23-14-18(26)24(2)3)21-12-15-8-5-6-10-17(15)20;/h5-6,8,10,16H,4,7,9,11-14H2,1-3H3,(H2,21,22,23);1H. The van der Waals surface area contributed by atoms with Crippen molar-refractivity contribution >= 4 is 47.4 Å². The van der Waals surface area contributed by atoms with Gasteiger partial charge in [0.05, 0.1) is 13.1 Å². The van der Waals surface area contributed by atoms with E-state index in [2.05, 4.69) is 27.4 Å². The van der Waals surface area contributed by atoms with Crippen molar-refractivity contribution in [3.8, 4) is 0 Å². The Balaban J connectivity index is 0.00000364. The molecule has 2 N–H and O–H groups in total. The number of nitrogens with one attached hydrogen (secondary N) is 2. The minimum Gasteiger partial charge on any atom is -0.355 e. The number of hydrogen-bond donors (Lipinski definition) is 2. The van der Waals surface area contributed by atoms with Gasteiger partial charge in [0.25, 0.3) is 0 Å². The zero-order chi connectivity index (χ0) is 18.9. The third-order valence-electron chi connectivity index (χ3n) is 4.68. The van der Waals surface area contributed by atoms with Gasteiger partial charge < -0.3 is 15.5 Å². The molecule has 0 aliphatic carbocycles. The number of carbonyl (C=O) groups is 1. The number of likely N-dealkylation sites (N-methyl/N-ethyl adjacent to an activating group) is 2. The molecule has 1 amide bonds. The summed E-state index contributed by atoms with van der Waals surface area (Å²) in [6, 6.07) is 8.19.